The van der Waals surface area contributed by atoms with Crippen LogP contribution in [0.15, 0.2) is 110 Å². The molecule has 0 bridgehead atoms. The van der Waals surface area contributed by atoms with Gasteiger partial charge in [-0.25, -0.2) is 8.97 Å². The molecule has 0 aliphatic heterocycles. The first-order valence-electron chi connectivity index (χ1n) is 10.4. The van der Waals surface area contributed by atoms with Crippen molar-refractivity contribution in [1.29, 1.82) is 0 Å². The molecule has 0 radical (unpaired) electrons. The number of rotatable bonds is 6. The normalized spacial score (nSPS) is 10.7. The Morgan fingerprint density at radius 2 is 1.23 bits per heavy atom. The lowest BCUT2D eigenvalue weighted by molar-refractivity contribution is -0.664. The van der Waals surface area contributed by atoms with Crippen LogP contribution in [0.1, 0.15) is 27.9 Å². The minimum Gasteiger partial charge on any atom is -1.00 e. The summed E-state index contributed by atoms with van der Waals surface area (Å²) in [5, 5.41) is 0. The molecule has 154 valence electrons. The van der Waals surface area contributed by atoms with Crippen LogP contribution in [0, 0.1) is 0 Å². The first-order valence-corrected chi connectivity index (χ1v) is 10.4. The van der Waals surface area contributed by atoms with E-state index >= 15 is 0 Å². The molecule has 2 aromatic heterocycles. The van der Waals surface area contributed by atoms with E-state index in [0.29, 0.717) is 0 Å². The van der Waals surface area contributed by atoms with Crippen molar-refractivity contribution in [3.05, 3.63) is 138 Å². The highest BCUT2D eigenvalue weighted by Gasteiger charge is 2.17. The van der Waals surface area contributed by atoms with Gasteiger partial charge >= 0.3 is 5.78 Å². The van der Waals surface area contributed by atoms with Crippen LogP contribution in [0.4, 0.5) is 0 Å². The maximum atomic E-state index is 4.63. The van der Waals surface area contributed by atoms with Gasteiger partial charge in [0.2, 0.25) is 0 Å². The quantitative estimate of drug-likeness (QED) is 0.347. The summed E-state index contributed by atoms with van der Waals surface area (Å²) in [7, 11) is 0. The van der Waals surface area contributed by atoms with Gasteiger partial charge in [-0.2, -0.15) is 0 Å². The average molecular weight is 470 g/mol. The predicted molar refractivity (Wildman–Crippen MR) is 119 cm³/mol. The molecule has 0 saturated carbocycles. The van der Waals surface area contributed by atoms with E-state index < -0.39 is 0 Å². The van der Waals surface area contributed by atoms with Crippen LogP contribution in [0.5, 0.6) is 0 Å². The summed E-state index contributed by atoms with van der Waals surface area (Å²) in [5.41, 5.74) is 6.51. The van der Waals surface area contributed by atoms with Crippen molar-refractivity contribution in [3.63, 3.8) is 0 Å². The fourth-order valence-corrected chi connectivity index (χ4v) is 3.94. The summed E-state index contributed by atoms with van der Waals surface area (Å²) in [5.74, 6) is 0.969. The number of fused-ring (bicyclic) bond motifs is 1. The van der Waals surface area contributed by atoms with Crippen molar-refractivity contribution in [2.45, 2.75) is 19.4 Å². The Bertz CT molecular complexity index is 1250. The Hall–Kier alpha value is -3.24. The Labute approximate surface area is 193 Å². The lowest BCUT2D eigenvalue weighted by atomic mass is 10.0. The molecule has 0 saturated heterocycles. The number of imidazole rings is 1. The van der Waals surface area contributed by atoms with Gasteiger partial charge in [-0.1, -0.05) is 89.9 Å². The molecule has 0 atom stereocenters. The molecule has 31 heavy (non-hydrogen) atoms. The monoisotopic (exact) mass is 469 g/mol. The molecule has 0 amide bonds. The lowest BCUT2D eigenvalue weighted by Crippen LogP contribution is -3.00. The topological polar surface area (TPSA) is 21.2 Å². The van der Waals surface area contributed by atoms with E-state index in [9.17, 15) is 0 Å². The van der Waals surface area contributed by atoms with E-state index in [1.807, 2.05) is 12.3 Å². The van der Waals surface area contributed by atoms with Gasteiger partial charge in [0.05, 0.1) is 12.7 Å². The Kier molecular flexibility index (Phi) is 6.58. The summed E-state index contributed by atoms with van der Waals surface area (Å²) >= 11 is 0. The first kappa shape index (κ1) is 21.0. The lowest BCUT2D eigenvalue weighted by Gasteiger charge is -2.04. The number of benzene rings is 3. The standard InChI is InChI=1S/C27H24N3.BrH/c1-3-8-22(9-4-1)18-23-12-14-24(15-13-23)19-26-21-29(20-25-10-5-2-6-11-25)27-28-16-7-17-30(26)27;/h1-17,21H,18-20H2;1H/q+1;/p-1. The molecule has 3 aromatic carbocycles. The second-order valence-corrected chi connectivity index (χ2v) is 7.68. The molecule has 5 aromatic rings. The number of aromatic nitrogens is 3. The summed E-state index contributed by atoms with van der Waals surface area (Å²) < 4.78 is 4.43. The van der Waals surface area contributed by atoms with Gasteiger partial charge in [-0.15, -0.1) is 0 Å². The molecule has 4 heteroatoms. The molecule has 0 fully saturated rings. The first-order chi connectivity index (χ1) is 14.8. The summed E-state index contributed by atoms with van der Waals surface area (Å²) in [6.07, 6.45) is 8.03. The van der Waals surface area contributed by atoms with E-state index in [0.717, 1.165) is 25.2 Å². The Morgan fingerprint density at radius 1 is 0.645 bits per heavy atom. The zero-order valence-corrected chi connectivity index (χ0v) is 18.8. The summed E-state index contributed by atoms with van der Waals surface area (Å²) in [4.78, 5) is 4.63. The van der Waals surface area contributed by atoms with Gasteiger partial charge in [0.15, 0.2) is 0 Å². The number of halogens is 1. The fourth-order valence-electron chi connectivity index (χ4n) is 3.94. The molecular formula is C27H24BrN3. The minimum atomic E-state index is 0. The smallest absolute Gasteiger partial charge is 0.403 e. The minimum absolute atomic E-state index is 0. The molecule has 5 rings (SSSR count). The van der Waals surface area contributed by atoms with Crippen LogP contribution in [-0.2, 0) is 19.4 Å². The van der Waals surface area contributed by atoms with Crippen molar-refractivity contribution in [3.8, 4) is 0 Å². The van der Waals surface area contributed by atoms with Crippen molar-refractivity contribution < 1.29 is 21.5 Å². The third-order valence-electron chi connectivity index (χ3n) is 5.45. The molecule has 0 unspecified atom stereocenters. The van der Waals surface area contributed by atoms with E-state index in [1.165, 1.54) is 27.9 Å². The largest absolute Gasteiger partial charge is 1.00 e. The molecule has 0 aliphatic carbocycles. The Morgan fingerprint density at radius 3 is 1.90 bits per heavy atom. The second kappa shape index (κ2) is 9.71. The van der Waals surface area contributed by atoms with E-state index in [4.69, 9.17) is 0 Å². The van der Waals surface area contributed by atoms with Gasteiger partial charge in [0.1, 0.15) is 18.1 Å². The van der Waals surface area contributed by atoms with Crippen LogP contribution < -0.4 is 21.5 Å². The van der Waals surface area contributed by atoms with Crippen molar-refractivity contribution in [2.24, 2.45) is 0 Å². The highest BCUT2D eigenvalue weighted by Crippen LogP contribution is 2.14. The zero-order valence-electron chi connectivity index (χ0n) is 17.2. The van der Waals surface area contributed by atoms with E-state index in [2.05, 4.69) is 111 Å². The molecular weight excluding hydrogens is 446 g/mol. The van der Waals surface area contributed by atoms with Gasteiger partial charge in [-0.3, -0.25) is 0 Å². The van der Waals surface area contributed by atoms with Crippen LogP contribution in [0.25, 0.3) is 5.78 Å². The molecule has 0 N–H and O–H groups in total. The van der Waals surface area contributed by atoms with Crippen LogP contribution in [0.3, 0.4) is 0 Å². The highest BCUT2D eigenvalue weighted by atomic mass is 79.9. The molecule has 2 heterocycles. The summed E-state index contributed by atoms with van der Waals surface area (Å²) in [6.45, 7) is 0.817. The van der Waals surface area contributed by atoms with Crippen LogP contribution in [-0.4, -0.2) is 9.38 Å². The van der Waals surface area contributed by atoms with Crippen LogP contribution >= 0.6 is 0 Å². The van der Waals surface area contributed by atoms with Gasteiger partial charge in [0, 0.05) is 12.5 Å². The van der Waals surface area contributed by atoms with Crippen molar-refractivity contribution in [1.82, 2.24) is 9.38 Å². The van der Waals surface area contributed by atoms with Gasteiger partial charge < -0.3 is 17.0 Å². The van der Waals surface area contributed by atoms with Crippen LogP contribution in [0.2, 0.25) is 0 Å². The molecule has 0 aliphatic rings. The third-order valence-corrected chi connectivity index (χ3v) is 5.45. The number of hydrogen-bond acceptors (Lipinski definition) is 1. The molecule has 0 spiro atoms. The van der Waals surface area contributed by atoms with Crippen molar-refractivity contribution >= 4 is 5.78 Å². The van der Waals surface area contributed by atoms with Gasteiger partial charge in [-0.05, 0) is 28.7 Å². The number of hydrogen-bond donors (Lipinski definition) is 0. The van der Waals surface area contributed by atoms with E-state index in [-0.39, 0.29) is 17.0 Å². The zero-order chi connectivity index (χ0) is 20.2. The van der Waals surface area contributed by atoms with Crippen molar-refractivity contribution in [2.75, 3.05) is 0 Å². The SMILES string of the molecule is [Br-].c1ccc(Cc2ccc(Cc3c[n+](Cc4ccccc4)c4ncccn34)cc2)cc1. The second-order valence-electron chi connectivity index (χ2n) is 7.68. The Balaban J connectivity index is 0.00000231. The maximum Gasteiger partial charge on any atom is 0.403 e. The molecule has 3 nitrogen and oxygen atoms in total. The van der Waals surface area contributed by atoms with Gasteiger partial charge in [0.25, 0.3) is 0 Å². The third kappa shape index (κ3) is 4.92. The fraction of sp³-hybridized carbons (Fsp3) is 0.111. The average Bonchev–Trinajstić information content (AvgIpc) is 3.14. The highest BCUT2D eigenvalue weighted by molar-refractivity contribution is 5.32. The van der Waals surface area contributed by atoms with E-state index in [1.54, 1.807) is 0 Å². The summed E-state index contributed by atoms with van der Waals surface area (Å²) in [6, 6.07) is 32.1. The maximum absolute atomic E-state index is 4.63. The predicted octanol–water partition coefficient (Wildman–Crippen LogP) is 1.86. The number of nitrogens with zero attached hydrogens (tertiary/aromatic N) is 3.